The molecule has 0 rings (SSSR count). The Bertz CT molecular complexity index is 44.0. The molecule has 0 spiro atoms. The first-order valence-corrected chi connectivity index (χ1v) is 1.19. The monoisotopic (exact) mass is 88.0 g/mol. The van der Waals surface area contributed by atoms with Gasteiger partial charge in [-0.3, -0.25) is 0 Å². The van der Waals surface area contributed by atoms with E-state index in [2.05, 4.69) is 23.7 Å². The Morgan fingerprint density at radius 3 is 1.67 bits per heavy atom. The van der Waals surface area contributed by atoms with Crippen molar-refractivity contribution in [3.63, 3.8) is 0 Å². The largest absolute Gasteiger partial charge is 0.508 e. The number of carbonyl (C=O) groups excluding carboxylic acids is 1. The number of hydrogen-bond donors (Lipinski definition) is 0. The van der Waals surface area contributed by atoms with Gasteiger partial charge in [0.05, 0.1) is 0 Å². The van der Waals surface area contributed by atoms with Crippen LogP contribution in [0.5, 0.6) is 0 Å². The van der Waals surface area contributed by atoms with Gasteiger partial charge in [-0.25, -0.2) is 4.79 Å². The van der Waals surface area contributed by atoms with Crippen LogP contribution in [0.15, 0.2) is 0 Å². The number of carbonyl (C=O) groups is 1. The molecule has 0 unspecified atom stereocenters. The Labute approximate surface area is 35.9 Å². The lowest BCUT2D eigenvalue weighted by atomic mass is 11.3. The molecule has 0 aromatic heterocycles. The first-order valence-electron chi connectivity index (χ1n) is 1.19. The molecular formula is C3H4O3. The second kappa shape index (κ2) is 2.50. The number of hydrogen-bond acceptors (Lipinski definition) is 3. The summed E-state index contributed by atoms with van der Waals surface area (Å²) in [6.45, 7) is 0. The maximum absolute atomic E-state index is 9.61. The van der Waals surface area contributed by atoms with E-state index in [4.69, 9.17) is 0 Å². The summed E-state index contributed by atoms with van der Waals surface area (Å²) < 4.78 is 7.45. The molecule has 0 aliphatic carbocycles. The van der Waals surface area contributed by atoms with Gasteiger partial charge in [0.1, 0.15) is 14.2 Å². The fraction of sp³-hybridized carbons (Fsp3) is 0. The van der Waals surface area contributed by atoms with Crippen LogP contribution in [0.2, 0.25) is 0 Å². The highest BCUT2D eigenvalue weighted by Crippen LogP contribution is 1.75. The normalized spacial score (nSPS) is 7.00. The van der Waals surface area contributed by atoms with E-state index in [9.17, 15) is 4.79 Å². The highest BCUT2D eigenvalue weighted by atomic mass is 16.7. The highest BCUT2D eigenvalue weighted by Gasteiger charge is 1.89. The third kappa shape index (κ3) is 1.58. The summed E-state index contributed by atoms with van der Waals surface area (Å²) in [5, 5.41) is 0. The zero-order valence-corrected chi connectivity index (χ0v) is 3.14. The lowest BCUT2D eigenvalue weighted by Gasteiger charge is -1.88. The minimum Gasteiger partial charge on any atom is -0.431 e. The third-order valence-corrected chi connectivity index (χ3v) is 0.236. The fourth-order valence-corrected chi connectivity index (χ4v) is 0.0417. The van der Waals surface area contributed by atoms with Crippen molar-refractivity contribution in [1.29, 1.82) is 0 Å². The molecule has 3 heteroatoms. The zero-order valence-electron chi connectivity index (χ0n) is 3.14. The molecular weight excluding hydrogens is 84.0 g/mol. The SMILES string of the molecule is [CH2]OC(=O)O[CH2]. The quantitative estimate of drug-likeness (QED) is 0.409. The van der Waals surface area contributed by atoms with E-state index in [1.165, 1.54) is 0 Å². The Morgan fingerprint density at radius 2 is 1.67 bits per heavy atom. The van der Waals surface area contributed by atoms with Crippen molar-refractivity contribution in [3.05, 3.63) is 14.2 Å². The van der Waals surface area contributed by atoms with E-state index >= 15 is 0 Å². The second-order valence-corrected chi connectivity index (χ2v) is 0.539. The van der Waals surface area contributed by atoms with Crippen LogP contribution in [0.1, 0.15) is 0 Å². The van der Waals surface area contributed by atoms with Gasteiger partial charge >= 0.3 is 6.16 Å². The van der Waals surface area contributed by atoms with E-state index in [0.717, 1.165) is 0 Å². The van der Waals surface area contributed by atoms with Gasteiger partial charge in [0.2, 0.25) is 0 Å². The Morgan fingerprint density at radius 1 is 1.33 bits per heavy atom. The first-order chi connectivity index (χ1) is 2.81. The molecule has 0 amide bonds. The first kappa shape index (κ1) is 5.27. The van der Waals surface area contributed by atoms with Crippen LogP contribution in [0, 0.1) is 14.2 Å². The van der Waals surface area contributed by atoms with Gasteiger partial charge in [-0.2, -0.15) is 0 Å². The molecule has 3 nitrogen and oxygen atoms in total. The van der Waals surface area contributed by atoms with Crippen molar-refractivity contribution in [2.45, 2.75) is 0 Å². The maximum atomic E-state index is 9.61. The van der Waals surface area contributed by atoms with Gasteiger partial charge in [0.25, 0.3) is 0 Å². The van der Waals surface area contributed by atoms with E-state index in [1.54, 1.807) is 0 Å². The van der Waals surface area contributed by atoms with E-state index in [-0.39, 0.29) is 0 Å². The van der Waals surface area contributed by atoms with Crippen LogP contribution in [-0.2, 0) is 9.47 Å². The number of rotatable bonds is 0. The van der Waals surface area contributed by atoms with Crippen LogP contribution in [0.3, 0.4) is 0 Å². The molecule has 0 saturated carbocycles. The Balaban J connectivity index is 2.99. The van der Waals surface area contributed by atoms with Crippen LogP contribution >= 0.6 is 0 Å². The van der Waals surface area contributed by atoms with Crippen molar-refractivity contribution >= 4 is 6.16 Å². The van der Waals surface area contributed by atoms with Gasteiger partial charge in [-0.15, -0.1) is 0 Å². The number of ether oxygens (including phenoxy) is 2. The summed E-state index contributed by atoms with van der Waals surface area (Å²) >= 11 is 0. The van der Waals surface area contributed by atoms with E-state index in [0.29, 0.717) is 0 Å². The maximum Gasteiger partial charge on any atom is 0.508 e. The average Bonchev–Trinajstić information content (AvgIpc) is 1.65. The fourth-order valence-electron chi connectivity index (χ4n) is 0.0417. The summed E-state index contributed by atoms with van der Waals surface area (Å²) in [6, 6.07) is 0. The topological polar surface area (TPSA) is 35.5 Å². The molecule has 0 bridgehead atoms. The highest BCUT2D eigenvalue weighted by molar-refractivity contribution is 5.59. The van der Waals surface area contributed by atoms with Gasteiger partial charge in [-0.05, 0) is 0 Å². The van der Waals surface area contributed by atoms with Gasteiger partial charge in [-0.1, -0.05) is 0 Å². The van der Waals surface area contributed by atoms with Crippen LogP contribution in [-0.4, -0.2) is 6.16 Å². The summed E-state index contributed by atoms with van der Waals surface area (Å²) in [4.78, 5) is 9.61. The van der Waals surface area contributed by atoms with E-state index < -0.39 is 6.16 Å². The Kier molecular flexibility index (Phi) is 2.20. The zero-order chi connectivity index (χ0) is 4.99. The van der Waals surface area contributed by atoms with Crippen molar-refractivity contribution in [2.75, 3.05) is 0 Å². The van der Waals surface area contributed by atoms with Crippen molar-refractivity contribution in [2.24, 2.45) is 0 Å². The molecule has 0 atom stereocenters. The molecule has 0 fully saturated rings. The summed E-state index contributed by atoms with van der Waals surface area (Å²) in [5.74, 6) is 0. The summed E-state index contributed by atoms with van der Waals surface area (Å²) in [5.41, 5.74) is 0. The lowest BCUT2D eigenvalue weighted by Crippen LogP contribution is -1.94. The predicted octanol–water partition coefficient (Wildman–Crippen LogP) is 0.723. The van der Waals surface area contributed by atoms with Gasteiger partial charge in [0.15, 0.2) is 0 Å². The van der Waals surface area contributed by atoms with Gasteiger partial charge < -0.3 is 9.47 Å². The molecule has 0 aliphatic rings. The minimum atomic E-state index is -0.880. The van der Waals surface area contributed by atoms with Crippen LogP contribution in [0.4, 0.5) is 4.79 Å². The molecule has 0 aromatic carbocycles. The average molecular weight is 88.1 g/mol. The molecule has 0 N–H and O–H groups in total. The van der Waals surface area contributed by atoms with Crippen molar-refractivity contribution in [1.82, 2.24) is 0 Å². The van der Waals surface area contributed by atoms with E-state index in [1.807, 2.05) is 0 Å². The van der Waals surface area contributed by atoms with Crippen LogP contribution < -0.4 is 0 Å². The molecule has 0 saturated heterocycles. The van der Waals surface area contributed by atoms with Crippen molar-refractivity contribution < 1.29 is 14.3 Å². The second-order valence-electron chi connectivity index (χ2n) is 0.539. The molecule has 0 aromatic rings. The third-order valence-electron chi connectivity index (χ3n) is 0.236. The van der Waals surface area contributed by atoms with Gasteiger partial charge in [0, 0.05) is 0 Å². The Hall–Kier alpha value is -0.730. The van der Waals surface area contributed by atoms with Crippen LogP contribution in [0.25, 0.3) is 0 Å². The molecule has 6 heavy (non-hydrogen) atoms. The summed E-state index contributed by atoms with van der Waals surface area (Å²) in [6.07, 6.45) is -0.880. The predicted molar refractivity (Wildman–Crippen MR) is 18.3 cm³/mol. The molecule has 0 aliphatic heterocycles. The van der Waals surface area contributed by atoms with Crippen molar-refractivity contribution in [3.8, 4) is 0 Å². The molecule has 34 valence electrons. The smallest absolute Gasteiger partial charge is 0.431 e. The standard InChI is InChI=1S/C3H4O3/c1-5-3(4)6-2/h1-2H2. The lowest BCUT2D eigenvalue weighted by molar-refractivity contribution is 0.116. The summed E-state index contributed by atoms with van der Waals surface area (Å²) in [7, 11) is 5.48. The molecule has 0 heterocycles. The molecule has 2 radical (unpaired) electrons. The minimum absolute atomic E-state index is 0.880.